The van der Waals surface area contributed by atoms with Crippen LogP contribution in [0.3, 0.4) is 0 Å². The second kappa shape index (κ2) is 14.9. The predicted octanol–water partition coefficient (Wildman–Crippen LogP) is 16.1. The van der Waals surface area contributed by atoms with Crippen LogP contribution in [0.25, 0.3) is 98.6 Å². The van der Waals surface area contributed by atoms with Gasteiger partial charge >= 0.3 is 0 Å². The van der Waals surface area contributed by atoms with Crippen LogP contribution < -0.4 is 0 Å². The molecule has 10 aromatic carbocycles. The molecule has 0 spiro atoms. The number of fused-ring (bicyclic) bond motifs is 10. The maximum Gasteiger partial charge on any atom is 0.160 e. The van der Waals surface area contributed by atoms with Crippen molar-refractivity contribution in [1.29, 1.82) is 0 Å². The summed E-state index contributed by atoms with van der Waals surface area (Å²) in [6, 6.07) is 73.9. The van der Waals surface area contributed by atoms with E-state index in [-0.39, 0.29) is 5.92 Å². The monoisotopic (exact) mass is 831 g/mol. The quantitative estimate of drug-likeness (QED) is 0.170. The molecule has 1 aliphatic rings. The van der Waals surface area contributed by atoms with Gasteiger partial charge in [0.2, 0.25) is 0 Å². The number of hydrogen-bond acceptors (Lipinski definition) is 3. The maximum atomic E-state index is 6.85. The normalized spacial score (nSPS) is 15.4. The number of allylic oxidation sites excluding steroid dienone is 1. The molecule has 0 amide bonds. The topological polar surface area (TPSA) is 42.8 Å². The minimum absolute atomic E-state index is 0.0206. The van der Waals surface area contributed by atoms with Crippen molar-refractivity contribution in [2.24, 2.45) is 15.9 Å². The van der Waals surface area contributed by atoms with Gasteiger partial charge in [-0.05, 0) is 80.2 Å². The SMILES string of the molecule is CC1C/C=C(\c2cccc3ccccc23)N=C(c2ccc(-c3ccccc3)cc2)N=C1c1cc(-n2c3cc4ccccc4cc3c3c4ccccc4ccc32)cc2oc3ccccc3c12. The molecule has 4 heteroatoms. The van der Waals surface area contributed by atoms with Crippen LogP contribution in [0, 0.1) is 5.92 Å². The lowest BCUT2D eigenvalue weighted by Gasteiger charge is -2.20. The zero-order valence-corrected chi connectivity index (χ0v) is 35.7. The summed E-state index contributed by atoms with van der Waals surface area (Å²) < 4.78 is 9.28. The van der Waals surface area contributed by atoms with E-state index in [4.69, 9.17) is 14.4 Å². The molecule has 0 saturated heterocycles. The molecule has 1 unspecified atom stereocenters. The van der Waals surface area contributed by atoms with Crippen molar-refractivity contribution in [1.82, 2.24) is 4.57 Å². The lowest BCUT2D eigenvalue weighted by Crippen LogP contribution is -2.18. The Morgan fingerprint density at radius 2 is 1.09 bits per heavy atom. The van der Waals surface area contributed by atoms with E-state index < -0.39 is 0 Å². The molecule has 0 fully saturated rings. The van der Waals surface area contributed by atoms with Crippen LogP contribution in [-0.2, 0) is 0 Å². The van der Waals surface area contributed by atoms with Crippen LogP contribution >= 0.6 is 0 Å². The molecule has 13 rings (SSSR count). The third-order valence-electron chi connectivity index (χ3n) is 13.4. The minimum atomic E-state index is 0.0206. The zero-order valence-electron chi connectivity index (χ0n) is 35.7. The fraction of sp³-hybridized carbons (Fsp3) is 0.0492. The molecule has 0 radical (unpaired) electrons. The molecule has 306 valence electrons. The number of amidine groups is 1. The van der Waals surface area contributed by atoms with Gasteiger partial charge in [-0.15, -0.1) is 0 Å². The number of nitrogens with zero attached hydrogens (tertiary/aromatic N) is 3. The number of hydrogen-bond donors (Lipinski definition) is 0. The summed E-state index contributed by atoms with van der Waals surface area (Å²) in [5.74, 6) is 0.693. The third kappa shape index (κ3) is 6.13. The molecular weight excluding hydrogens is 791 g/mol. The van der Waals surface area contributed by atoms with E-state index in [1.54, 1.807) is 0 Å². The van der Waals surface area contributed by atoms with Gasteiger partial charge in [0.15, 0.2) is 5.84 Å². The Morgan fingerprint density at radius 3 is 1.91 bits per heavy atom. The van der Waals surface area contributed by atoms with Crippen LogP contribution in [0.2, 0.25) is 0 Å². The zero-order chi connectivity index (χ0) is 43.0. The van der Waals surface area contributed by atoms with Crippen molar-refractivity contribution in [3.05, 3.63) is 229 Å². The summed E-state index contributed by atoms with van der Waals surface area (Å²) in [4.78, 5) is 11.3. The number of benzene rings is 10. The largest absolute Gasteiger partial charge is 0.456 e. The summed E-state index contributed by atoms with van der Waals surface area (Å²) in [6.45, 7) is 2.30. The Balaban J connectivity index is 1.09. The summed E-state index contributed by atoms with van der Waals surface area (Å²) in [5, 5.41) is 11.8. The first-order chi connectivity index (χ1) is 32.1. The lowest BCUT2D eigenvalue weighted by molar-refractivity contribution is 0.668. The smallest absolute Gasteiger partial charge is 0.160 e. The minimum Gasteiger partial charge on any atom is -0.456 e. The van der Waals surface area contributed by atoms with E-state index >= 15 is 0 Å². The molecule has 0 aliphatic carbocycles. The van der Waals surface area contributed by atoms with E-state index in [9.17, 15) is 0 Å². The van der Waals surface area contributed by atoms with Crippen molar-refractivity contribution < 1.29 is 4.42 Å². The lowest BCUT2D eigenvalue weighted by atomic mass is 9.90. The van der Waals surface area contributed by atoms with E-state index in [0.717, 1.165) is 78.7 Å². The van der Waals surface area contributed by atoms with Gasteiger partial charge in [-0.1, -0.05) is 183 Å². The molecule has 0 bridgehead atoms. The first kappa shape index (κ1) is 37.2. The molecular formula is C61H41N3O. The van der Waals surface area contributed by atoms with E-state index in [1.165, 1.54) is 48.7 Å². The van der Waals surface area contributed by atoms with Crippen molar-refractivity contribution >= 4 is 93.3 Å². The number of furan rings is 1. The van der Waals surface area contributed by atoms with Crippen molar-refractivity contribution in [2.45, 2.75) is 13.3 Å². The molecule has 2 aromatic heterocycles. The highest BCUT2D eigenvalue weighted by Gasteiger charge is 2.25. The Morgan fingerprint density at radius 1 is 0.446 bits per heavy atom. The van der Waals surface area contributed by atoms with Gasteiger partial charge in [-0.25, -0.2) is 9.98 Å². The highest BCUT2D eigenvalue weighted by molar-refractivity contribution is 6.25. The van der Waals surface area contributed by atoms with E-state index in [1.807, 2.05) is 6.07 Å². The predicted molar refractivity (Wildman–Crippen MR) is 274 cm³/mol. The standard InChI is InChI=1S/C61H41N3O/c1-38-26-32-53(49-24-13-20-41-16-7-9-21-47(41)49)62-61(43-29-27-40(28-30-43)39-14-3-2-4-15-39)63-60(38)52-36-46(37-57-59(52)50-23-11-12-25-56(50)65-57)64-54-33-31-42-17-8-10-22-48(42)58(54)51-34-44-18-5-6-19-45(44)35-55(51)64/h2-25,27-38H,26H2,1H3/b53-32+,62-61?,63-60?. The molecule has 1 atom stereocenters. The fourth-order valence-electron chi connectivity index (χ4n) is 10.2. The van der Waals surface area contributed by atoms with Gasteiger partial charge in [0.05, 0.1) is 28.1 Å². The van der Waals surface area contributed by atoms with Crippen LogP contribution in [0.1, 0.15) is 30.0 Å². The molecule has 1 aliphatic heterocycles. The highest BCUT2D eigenvalue weighted by atomic mass is 16.3. The highest BCUT2D eigenvalue weighted by Crippen LogP contribution is 2.42. The molecule has 3 heterocycles. The van der Waals surface area contributed by atoms with E-state index in [2.05, 4.69) is 218 Å². The van der Waals surface area contributed by atoms with Gasteiger partial charge in [0, 0.05) is 50.2 Å². The van der Waals surface area contributed by atoms with Gasteiger partial charge in [-0.2, -0.15) is 0 Å². The molecule has 12 aromatic rings. The molecule has 4 nitrogen and oxygen atoms in total. The second-order valence-corrected chi connectivity index (χ2v) is 17.3. The van der Waals surface area contributed by atoms with Crippen LogP contribution in [0.4, 0.5) is 0 Å². The summed E-state index contributed by atoms with van der Waals surface area (Å²) in [7, 11) is 0. The number of rotatable bonds is 5. The van der Waals surface area contributed by atoms with Crippen LogP contribution in [0.5, 0.6) is 0 Å². The van der Waals surface area contributed by atoms with E-state index in [0.29, 0.717) is 5.84 Å². The fourth-order valence-corrected chi connectivity index (χ4v) is 10.2. The Hall–Kier alpha value is -8.34. The Kier molecular flexibility index (Phi) is 8.53. The maximum absolute atomic E-state index is 6.85. The first-order valence-corrected chi connectivity index (χ1v) is 22.5. The van der Waals surface area contributed by atoms with Gasteiger partial charge < -0.3 is 8.98 Å². The van der Waals surface area contributed by atoms with Crippen molar-refractivity contribution in [3.63, 3.8) is 0 Å². The Labute approximate surface area is 375 Å². The summed E-state index contributed by atoms with van der Waals surface area (Å²) in [5.41, 5.74) is 12.3. The average Bonchev–Trinajstić information content (AvgIpc) is 3.90. The van der Waals surface area contributed by atoms with Crippen LogP contribution in [0.15, 0.2) is 227 Å². The van der Waals surface area contributed by atoms with Gasteiger partial charge in [0.1, 0.15) is 11.2 Å². The van der Waals surface area contributed by atoms with Crippen molar-refractivity contribution in [2.75, 3.05) is 0 Å². The second-order valence-electron chi connectivity index (χ2n) is 17.3. The number of aliphatic imine (C=N–C) groups is 2. The summed E-state index contributed by atoms with van der Waals surface area (Å²) >= 11 is 0. The molecule has 0 saturated carbocycles. The van der Waals surface area contributed by atoms with Gasteiger partial charge in [0.25, 0.3) is 0 Å². The molecule has 65 heavy (non-hydrogen) atoms. The van der Waals surface area contributed by atoms with Crippen molar-refractivity contribution in [3.8, 4) is 16.8 Å². The summed E-state index contributed by atoms with van der Waals surface area (Å²) in [6.07, 6.45) is 3.06. The number of para-hydroxylation sites is 1. The van der Waals surface area contributed by atoms with Crippen LogP contribution in [-0.4, -0.2) is 16.1 Å². The first-order valence-electron chi connectivity index (χ1n) is 22.5. The third-order valence-corrected chi connectivity index (χ3v) is 13.4. The number of aromatic nitrogens is 1. The Bertz CT molecular complexity index is 3970. The molecule has 0 N–H and O–H groups in total. The average molecular weight is 832 g/mol. The van der Waals surface area contributed by atoms with Gasteiger partial charge in [-0.3, -0.25) is 0 Å².